The summed E-state index contributed by atoms with van der Waals surface area (Å²) >= 11 is 0. The Morgan fingerprint density at radius 1 is 1.28 bits per heavy atom. The van der Waals surface area contributed by atoms with E-state index in [2.05, 4.69) is 50.0 Å². The summed E-state index contributed by atoms with van der Waals surface area (Å²) in [5.41, 5.74) is 2.90. The first-order valence-corrected chi connectivity index (χ1v) is 6.45. The van der Waals surface area contributed by atoms with Crippen LogP contribution in [0.5, 0.6) is 0 Å². The van der Waals surface area contributed by atoms with Gasteiger partial charge < -0.3 is 10.2 Å². The van der Waals surface area contributed by atoms with Crippen molar-refractivity contribution in [3.63, 3.8) is 0 Å². The smallest absolute Gasteiger partial charge is 0.101 e. The summed E-state index contributed by atoms with van der Waals surface area (Å²) in [6.07, 6.45) is 0. The SMILES string of the molecule is CC(C)NCc1ccc(N(C)C(C)C)c(C#N)c1. The van der Waals surface area contributed by atoms with E-state index in [1.165, 1.54) is 0 Å². The minimum Gasteiger partial charge on any atom is -0.371 e. The maximum Gasteiger partial charge on any atom is 0.101 e. The second-order valence-electron chi connectivity index (χ2n) is 5.20. The summed E-state index contributed by atoms with van der Waals surface area (Å²) in [5, 5.41) is 12.6. The average molecular weight is 245 g/mol. The number of nitrogens with zero attached hydrogens (tertiary/aromatic N) is 2. The molecule has 0 aliphatic rings. The van der Waals surface area contributed by atoms with Gasteiger partial charge in [-0.15, -0.1) is 0 Å². The number of nitriles is 1. The third-order valence-electron chi connectivity index (χ3n) is 3.05. The molecule has 18 heavy (non-hydrogen) atoms. The van der Waals surface area contributed by atoms with Gasteiger partial charge in [0, 0.05) is 25.7 Å². The molecule has 0 fully saturated rings. The summed E-state index contributed by atoms with van der Waals surface area (Å²) in [5.74, 6) is 0. The first-order chi connectivity index (χ1) is 8.45. The van der Waals surface area contributed by atoms with Crippen molar-refractivity contribution in [3.8, 4) is 6.07 Å². The molecule has 1 aromatic carbocycles. The Labute approximate surface area is 110 Å². The van der Waals surface area contributed by atoms with Gasteiger partial charge in [0.2, 0.25) is 0 Å². The topological polar surface area (TPSA) is 39.1 Å². The normalized spacial score (nSPS) is 10.8. The Morgan fingerprint density at radius 3 is 2.44 bits per heavy atom. The first-order valence-electron chi connectivity index (χ1n) is 6.45. The molecule has 0 amide bonds. The Hall–Kier alpha value is -1.53. The first kappa shape index (κ1) is 14.5. The van der Waals surface area contributed by atoms with Crippen LogP contribution >= 0.6 is 0 Å². The van der Waals surface area contributed by atoms with Crippen molar-refractivity contribution in [1.82, 2.24) is 5.32 Å². The molecule has 0 saturated heterocycles. The lowest BCUT2D eigenvalue weighted by Gasteiger charge is -2.25. The summed E-state index contributed by atoms with van der Waals surface area (Å²) in [7, 11) is 2.02. The Bertz CT molecular complexity index is 430. The molecule has 0 spiro atoms. The zero-order valence-electron chi connectivity index (χ0n) is 12.0. The van der Waals surface area contributed by atoms with Gasteiger partial charge in [-0.1, -0.05) is 19.9 Å². The Balaban J connectivity index is 2.94. The summed E-state index contributed by atoms with van der Waals surface area (Å²) < 4.78 is 0. The van der Waals surface area contributed by atoms with E-state index in [-0.39, 0.29) is 0 Å². The van der Waals surface area contributed by atoms with Gasteiger partial charge in [-0.05, 0) is 31.5 Å². The minimum atomic E-state index is 0.386. The van der Waals surface area contributed by atoms with Crippen molar-refractivity contribution >= 4 is 5.69 Å². The molecule has 0 aliphatic carbocycles. The van der Waals surface area contributed by atoms with Crippen molar-refractivity contribution in [2.45, 2.75) is 46.3 Å². The van der Waals surface area contributed by atoms with Gasteiger partial charge >= 0.3 is 0 Å². The summed E-state index contributed by atoms with van der Waals surface area (Å²) in [6, 6.07) is 9.23. The van der Waals surface area contributed by atoms with Crippen LogP contribution in [0.2, 0.25) is 0 Å². The maximum atomic E-state index is 9.25. The van der Waals surface area contributed by atoms with Crippen molar-refractivity contribution in [3.05, 3.63) is 29.3 Å². The summed E-state index contributed by atoms with van der Waals surface area (Å²) in [4.78, 5) is 2.12. The standard InChI is InChI=1S/C15H23N3/c1-11(2)17-10-13-6-7-15(14(8-13)9-16)18(5)12(3)4/h6-8,11-12,17H,10H2,1-5H3. The zero-order chi connectivity index (χ0) is 13.7. The van der Waals surface area contributed by atoms with Gasteiger partial charge in [0.1, 0.15) is 6.07 Å². The number of rotatable bonds is 5. The molecule has 0 radical (unpaired) electrons. The highest BCUT2D eigenvalue weighted by Gasteiger charge is 2.10. The Kier molecular flexibility index (Phi) is 5.18. The predicted molar refractivity (Wildman–Crippen MR) is 76.7 cm³/mol. The number of hydrogen-bond acceptors (Lipinski definition) is 3. The largest absolute Gasteiger partial charge is 0.371 e. The lowest BCUT2D eigenvalue weighted by molar-refractivity contribution is 0.589. The maximum absolute atomic E-state index is 9.25. The van der Waals surface area contributed by atoms with Gasteiger partial charge in [0.25, 0.3) is 0 Å². The van der Waals surface area contributed by atoms with E-state index in [9.17, 15) is 5.26 Å². The quantitative estimate of drug-likeness (QED) is 0.867. The molecular weight excluding hydrogens is 222 g/mol. The van der Waals surface area contributed by atoms with E-state index >= 15 is 0 Å². The third kappa shape index (κ3) is 3.75. The van der Waals surface area contributed by atoms with Crippen LogP contribution in [0.15, 0.2) is 18.2 Å². The third-order valence-corrected chi connectivity index (χ3v) is 3.05. The van der Waals surface area contributed by atoms with Gasteiger partial charge in [-0.3, -0.25) is 0 Å². The van der Waals surface area contributed by atoms with E-state index in [1.807, 2.05) is 19.2 Å². The van der Waals surface area contributed by atoms with Crippen LogP contribution in [0.25, 0.3) is 0 Å². The second kappa shape index (κ2) is 6.42. The van der Waals surface area contributed by atoms with Crippen molar-refractivity contribution in [1.29, 1.82) is 5.26 Å². The van der Waals surface area contributed by atoms with E-state index in [0.29, 0.717) is 12.1 Å². The van der Waals surface area contributed by atoms with E-state index in [4.69, 9.17) is 0 Å². The molecule has 0 unspecified atom stereocenters. The molecule has 0 bridgehead atoms. The monoisotopic (exact) mass is 245 g/mol. The molecule has 0 atom stereocenters. The van der Waals surface area contributed by atoms with Crippen molar-refractivity contribution < 1.29 is 0 Å². The highest BCUT2D eigenvalue weighted by molar-refractivity contribution is 5.60. The van der Waals surface area contributed by atoms with Crippen molar-refractivity contribution in [2.24, 2.45) is 0 Å². The molecule has 1 rings (SSSR count). The van der Waals surface area contributed by atoms with E-state index < -0.39 is 0 Å². The molecule has 0 aromatic heterocycles. The fraction of sp³-hybridized carbons (Fsp3) is 0.533. The van der Waals surface area contributed by atoms with Gasteiger partial charge in [-0.2, -0.15) is 5.26 Å². The van der Waals surface area contributed by atoms with Crippen molar-refractivity contribution in [2.75, 3.05) is 11.9 Å². The Morgan fingerprint density at radius 2 is 1.94 bits per heavy atom. The van der Waals surface area contributed by atoms with Crippen LogP contribution in [-0.2, 0) is 6.54 Å². The highest BCUT2D eigenvalue weighted by atomic mass is 15.1. The molecule has 0 saturated carbocycles. The number of nitrogens with one attached hydrogen (secondary N) is 1. The van der Waals surface area contributed by atoms with E-state index in [0.717, 1.165) is 23.4 Å². The average Bonchev–Trinajstić information content (AvgIpc) is 2.34. The molecular formula is C15H23N3. The van der Waals surface area contributed by atoms with Crippen LogP contribution in [0, 0.1) is 11.3 Å². The van der Waals surface area contributed by atoms with Gasteiger partial charge in [0.15, 0.2) is 0 Å². The van der Waals surface area contributed by atoms with E-state index in [1.54, 1.807) is 0 Å². The number of anilines is 1. The number of benzene rings is 1. The highest BCUT2D eigenvalue weighted by Crippen LogP contribution is 2.22. The van der Waals surface area contributed by atoms with Crippen LogP contribution in [0.1, 0.15) is 38.8 Å². The fourth-order valence-corrected chi connectivity index (χ4v) is 1.69. The molecule has 3 heteroatoms. The summed E-state index contributed by atoms with van der Waals surface area (Å²) in [6.45, 7) is 9.28. The molecule has 98 valence electrons. The fourth-order valence-electron chi connectivity index (χ4n) is 1.69. The zero-order valence-corrected chi connectivity index (χ0v) is 12.0. The molecule has 3 nitrogen and oxygen atoms in total. The second-order valence-corrected chi connectivity index (χ2v) is 5.20. The van der Waals surface area contributed by atoms with Gasteiger partial charge in [0.05, 0.1) is 11.3 Å². The molecule has 1 N–H and O–H groups in total. The minimum absolute atomic E-state index is 0.386. The number of hydrogen-bond donors (Lipinski definition) is 1. The van der Waals surface area contributed by atoms with Crippen LogP contribution < -0.4 is 10.2 Å². The van der Waals surface area contributed by atoms with Crippen LogP contribution in [0.4, 0.5) is 5.69 Å². The lowest BCUT2D eigenvalue weighted by Crippen LogP contribution is -2.26. The molecule has 1 aromatic rings. The predicted octanol–water partition coefficient (Wildman–Crippen LogP) is 2.90. The molecule has 0 aliphatic heterocycles. The van der Waals surface area contributed by atoms with Crippen LogP contribution in [-0.4, -0.2) is 19.1 Å². The van der Waals surface area contributed by atoms with Gasteiger partial charge in [-0.25, -0.2) is 0 Å². The molecule has 0 heterocycles. The van der Waals surface area contributed by atoms with Crippen LogP contribution in [0.3, 0.4) is 0 Å². The lowest BCUT2D eigenvalue weighted by atomic mass is 10.1.